The van der Waals surface area contributed by atoms with Crippen LogP contribution < -0.4 is 5.43 Å². The van der Waals surface area contributed by atoms with E-state index in [4.69, 9.17) is 4.74 Å². The molecule has 0 saturated heterocycles. The molecule has 0 saturated carbocycles. The Labute approximate surface area is 116 Å². The van der Waals surface area contributed by atoms with Crippen molar-refractivity contribution in [3.05, 3.63) is 57.5 Å². The first-order valence-corrected chi connectivity index (χ1v) is 6.37. The quantitative estimate of drug-likeness (QED) is 0.802. The number of nitrogens with zero attached hydrogens (tertiary/aromatic N) is 2. The Hall–Kier alpha value is -2.43. The zero-order valence-electron chi connectivity index (χ0n) is 11.7. The van der Waals surface area contributed by atoms with Crippen LogP contribution in [0.25, 0.3) is 5.69 Å². The van der Waals surface area contributed by atoms with E-state index in [1.165, 1.54) is 10.7 Å². The van der Waals surface area contributed by atoms with Gasteiger partial charge in [0.2, 0.25) is 11.1 Å². The van der Waals surface area contributed by atoms with Gasteiger partial charge in [-0.05, 0) is 44.0 Å². The Balaban J connectivity index is 2.51. The Kier molecular flexibility index (Phi) is 3.98. The maximum Gasteiger partial charge on any atom is 0.362 e. The highest BCUT2D eigenvalue weighted by Crippen LogP contribution is 2.12. The van der Waals surface area contributed by atoms with Crippen LogP contribution in [0.5, 0.6) is 0 Å². The minimum atomic E-state index is -0.698. The highest BCUT2D eigenvalue weighted by atomic mass is 16.5. The van der Waals surface area contributed by atoms with Gasteiger partial charge in [0.05, 0.1) is 12.3 Å². The molecule has 0 aliphatic rings. The normalized spacial score (nSPS) is 10.3. The molecule has 0 amide bonds. The van der Waals surface area contributed by atoms with E-state index >= 15 is 0 Å². The fourth-order valence-electron chi connectivity index (χ4n) is 1.98. The highest BCUT2D eigenvalue weighted by Gasteiger charge is 2.14. The summed E-state index contributed by atoms with van der Waals surface area (Å²) in [6.07, 6.45) is 1.54. The van der Waals surface area contributed by atoms with Crippen LogP contribution in [0, 0.1) is 13.8 Å². The van der Waals surface area contributed by atoms with Crippen molar-refractivity contribution in [2.24, 2.45) is 0 Å². The molecule has 1 aromatic carbocycles. The van der Waals surface area contributed by atoms with E-state index in [1.807, 2.05) is 32.0 Å². The number of benzene rings is 1. The smallest absolute Gasteiger partial charge is 0.362 e. The predicted octanol–water partition coefficient (Wildman–Crippen LogP) is 2.03. The van der Waals surface area contributed by atoms with E-state index in [0.29, 0.717) is 0 Å². The fourth-order valence-corrected chi connectivity index (χ4v) is 1.98. The van der Waals surface area contributed by atoms with Crippen molar-refractivity contribution in [1.29, 1.82) is 0 Å². The second-order valence-electron chi connectivity index (χ2n) is 4.54. The van der Waals surface area contributed by atoms with Gasteiger partial charge in [0.25, 0.3) is 0 Å². The molecule has 0 unspecified atom stereocenters. The summed E-state index contributed by atoms with van der Waals surface area (Å²) in [5.74, 6) is -0.698. The van der Waals surface area contributed by atoms with Gasteiger partial charge in [0.1, 0.15) is 0 Å². The van der Waals surface area contributed by atoms with E-state index in [0.717, 1.165) is 16.8 Å². The van der Waals surface area contributed by atoms with Gasteiger partial charge >= 0.3 is 5.97 Å². The molecule has 0 aliphatic heterocycles. The monoisotopic (exact) mass is 272 g/mol. The molecular formula is C15H16N2O3. The molecule has 0 bridgehead atoms. The molecule has 0 N–H and O–H groups in total. The average molecular weight is 272 g/mol. The van der Waals surface area contributed by atoms with Crippen LogP contribution in [0.4, 0.5) is 0 Å². The lowest BCUT2D eigenvalue weighted by molar-refractivity contribution is 0.0515. The molecule has 0 aliphatic carbocycles. The van der Waals surface area contributed by atoms with Crippen LogP contribution in [0.3, 0.4) is 0 Å². The second kappa shape index (κ2) is 5.69. The number of aromatic nitrogens is 2. The van der Waals surface area contributed by atoms with Gasteiger partial charge < -0.3 is 4.74 Å². The maximum atomic E-state index is 11.7. The predicted molar refractivity (Wildman–Crippen MR) is 75.3 cm³/mol. The third kappa shape index (κ3) is 2.93. The molecule has 2 rings (SSSR count). The van der Waals surface area contributed by atoms with Crippen LogP contribution in [-0.4, -0.2) is 22.4 Å². The van der Waals surface area contributed by atoms with Gasteiger partial charge in [0.15, 0.2) is 0 Å². The van der Waals surface area contributed by atoms with Gasteiger partial charge in [-0.25, -0.2) is 9.48 Å². The Morgan fingerprint density at radius 3 is 2.50 bits per heavy atom. The number of ether oxygens (including phenoxy) is 1. The number of aryl methyl sites for hydroxylation is 2. The third-order valence-corrected chi connectivity index (χ3v) is 2.75. The molecular weight excluding hydrogens is 256 g/mol. The largest absolute Gasteiger partial charge is 0.461 e. The lowest BCUT2D eigenvalue weighted by Gasteiger charge is -2.09. The Bertz CT molecular complexity index is 684. The first-order chi connectivity index (χ1) is 9.51. The minimum absolute atomic E-state index is 0.200. The van der Waals surface area contributed by atoms with Crippen molar-refractivity contribution in [3.8, 4) is 5.69 Å². The lowest BCUT2D eigenvalue weighted by atomic mass is 10.1. The first kappa shape index (κ1) is 14.0. The van der Waals surface area contributed by atoms with Crippen molar-refractivity contribution < 1.29 is 9.53 Å². The van der Waals surface area contributed by atoms with Crippen molar-refractivity contribution in [3.63, 3.8) is 0 Å². The molecule has 1 heterocycles. The van der Waals surface area contributed by atoms with Crippen LogP contribution in [-0.2, 0) is 4.74 Å². The summed E-state index contributed by atoms with van der Waals surface area (Å²) in [6.45, 7) is 5.85. The summed E-state index contributed by atoms with van der Waals surface area (Å²) < 4.78 is 6.34. The van der Waals surface area contributed by atoms with Gasteiger partial charge in [-0.15, -0.1) is 0 Å². The number of hydrogen-bond acceptors (Lipinski definition) is 4. The lowest BCUT2D eigenvalue weighted by Crippen LogP contribution is -2.22. The van der Waals surface area contributed by atoms with E-state index < -0.39 is 11.4 Å². The molecule has 0 spiro atoms. The van der Waals surface area contributed by atoms with Crippen molar-refractivity contribution in [2.75, 3.05) is 6.61 Å². The number of hydrogen-bond donors (Lipinski definition) is 0. The number of carbonyl (C=O) groups excluding carboxylic acids is 1. The van der Waals surface area contributed by atoms with Crippen LogP contribution in [0.2, 0.25) is 0 Å². The number of rotatable bonds is 3. The van der Waals surface area contributed by atoms with E-state index in [2.05, 4.69) is 5.10 Å². The second-order valence-corrected chi connectivity index (χ2v) is 4.54. The molecule has 5 nitrogen and oxygen atoms in total. The van der Waals surface area contributed by atoms with Crippen molar-refractivity contribution >= 4 is 5.97 Å². The summed E-state index contributed by atoms with van der Waals surface area (Å²) in [6, 6.07) is 7.22. The van der Waals surface area contributed by atoms with E-state index in [1.54, 1.807) is 13.1 Å². The van der Waals surface area contributed by atoms with Gasteiger partial charge in [-0.3, -0.25) is 4.79 Å². The summed E-state index contributed by atoms with van der Waals surface area (Å²) in [7, 11) is 0. The Morgan fingerprint density at radius 1 is 1.25 bits per heavy atom. The topological polar surface area (TPSA) is 61.2 Å². The zero-order valence-corrected chi connectivity index (χ0v) is 11.7. The van der Waals surface area contributed by atoms with E-state index in [-0.39, 0.29) is 12.3 Å². The minimum Gasteiger partial charge on any atom is -0.461 e. The summed E-state index contributed by atoms with van der Waals surface area (Å²) in [5, 5.41) is 4.07. The molecule has 2 aromatic rings. The molecule has 5 heteroatoms. The number of carbonyl (C=O) groups is 1. The van der Waals surface area contributed by atoms with Gasteiger partial charge in [-0.2, -0.15) is 5.10 Å². The van der Waals surface area contributed by atoms with Crippen LogP contribution in [0.1, 0.15) is 28.5 Å². The maximum absolute atomic E-state index is 11.7. The molecule has 104 valence electrons. The standard InChI is InChI=1S/C15H16N2O3/c1-4-20-15(19)14-13(18)5-6-17(16-14)12-8-10(2)7-11(3)9-12/h5-9H,4H2,1-3H3. The molecule has 0 radical (unpaired) electrons. The molecule has 20 heavy (non-hydrogen) atoms. The Morgan fingerprint density at radius 2 is 1.90 bits per heavy atom. The summed E-state index contributed by atoms with van der Waals surface area (Å²) in [4.78, 5) is 23.4. The first-order valence-electron chi connectivity index (χ1n) is 6.37. The van der Waals surface area contributed by atoms with Crippen LogP contribution in [0.15, 0.2) is 35.3 Å². The van der Waals surface area contributed by atoms with Gasteiger partial charge in [0, 0.05) is 12.3 Å². The van der Waals surface area contributed by atoms with Crippen molar-refractivity contribution in [2.45, 2.75) is 20.8 Å². The average Bonchev–Trinajstić information content (AvgIpc) is 2.38. The molecule has 0 fully saturated rings. The zero-order chi connectivity index (χ0) is 14.7. The highest BCUT2D eigenvalue weighted by molar-refractivity contribution is 5.86. The summed E-state index contributed by atoms with van der Waals surface area (Å²) >= 11 is 0. The third-order valence-electron chi connectivity index (χ3n) is 2.75. The summed E-state index contributed by atoms with van der Waals surface area (Å²) in [5.41, 5.74) is 2.32. The fraction of sp³-hybridized carbons (Fsp3) is 0.267. The van der Waals surface area contributed by atoms with Crippen molar-refractivity contribution in [1.82, 2.24) is 9.78 Å². The van der Waals surface area contributed by atoms with Crippen LogP contribution >= 0.6 is 0 Å². The molecule has 1 aromatic heterocycles. The SMILES string of the molecule is CCOC(=O)c1nn(-c2cc(C)cc(C)c2)ccc1=O. The van der Waals surface area contributed by atoms with Gasteiger partial charge in [-0.1, -0.05) is 6.07 Å². The van der Waals surface area contributed by atoms with E-state index in [9.17, 15) is 9.59 Å². The number of esters is 1. The molecule has 0 atom stereocenters.